The molecule has 7 heteroatoms. The average Bonchev–Trinajstić information content (AvgIpc) is 2.56. The molecule has 0 aromatic heterocycles. The highest BCUT2D eigenvalue weighted by Gasteiger charge is 2.20. The van der Waals surface area contributed by atoms with E-state index in [9.17, 15) is 13.6 Å². The summed E-state index contributed by atoms with van der Waals surface area (Å²) < 4.78 is 38.5. The molecule has 0 radical (unpaired) electrons. The molecule has 0 aliphatic carbocycles. The molecule has 0 bridgehead atoms. The molecular formula is C17H14BrF2NO3. The van der Waals surface area contributed by atoms with Crippen LogP contribution in [0.4, 0.5) is 8.78 Å². The maximum atomic E-state index is 14.0. The first-order chi connectivity index (χ1) is 11.5. The van der Waals surface area contributed by atoms with E-state index in [2.05, 4.69) is 21.2 Å². The van der Waals surface area contributed by atoms with Crippen LogP contribution in [0.5, 0.6) is 5.75 Å². The Morgan fingerprint density at radius 3 is 2.92 bits per heavy atom. The number of rotatable bonds is 3. The Bertz CT molecular complexity index is 811. The molecule has 1 aliphatic rings. The van der Waals surface area contributed by atoms with E-state index in [4.69, 9.17) is 9.47 Å². The fourth-order valence-electron chi connectivity index (χ4n) is 2.52. The van der Waals surface area contributed by atoms with Gasteiger partial charge in [-0.25, -0.2) is 8.78 Å². The summed E-state index contributed by atoms with van der Waals surface area (Å²) in [5, 5.41) is 2.61. The molecule has 4 nitrogen and oxygen atoms in total. The SMILES string of the molecule is Cc1ccc(F)c(C(=O)NCc2cc(F)cc3c2OCOC3)c1Br. The van der Waals surface area contributed by atoms with E-state index in [1.54, 1.807) is 13.0 Å². The number of nitrogens with one attached hydrogen (secondary N) is 1. The van der Waals surface area contributed by atoms with Gasteiger partial charge in [0.15, 0.2) is 6.79 Å². The number of carbonyl (C=O) groups is 1. The predicted molar refractivity (Wildman–Crippen MR) is 86.7 cm³/mol. The summed E-state index contributed by atoms with van der Waals surface area (Å²) in [6.07, 6.45) is 0. The van der Waals surface area contributed by atoms with Gasteiger partial charge in [-0.1, -0.05) is 6.07 Å². The molecule has 0 saturated carbocycles. The molecule has 2 aromatic carbocycles. The van der Waals surface area contributed by atoms with Crippen molar-refractivity contribution in [2.75, 3.05) is 6.79 Å². The smallest absolute Gasteiger partial charge is 0.255 e. The van der Waals surface area contributed by atoms with E-state index in [1.165, 1.54) is 18.2 Å². The maximum Gasteiger partial charge on any atom is 0.255 e. The Hall–Kier alpha value is -1.99. The zero-order chi connectivity index (χ0) is 17.3. The molecule has 0 unspecified atom stereocenters. The number of hydrogen-bond acceptors (Lipinski definition) is 3. The molecule has 1 amide bonds. The second kappa shape index (κ2) is 6.86. The zero-order valence-corrected chi connectivity index (χ0v) is 14.4. The van der Waals surface area contributed by atoms with E-state index in [0.717, 1.165) is 5.56 Å². The average molecular weight is 398 g/mol. The van der Waals surface area contributed by atoms with Crippen LogP contribution in [-0.2, 0) is 17.9 Å². The zero-order valence-electron chi connectivity index (χ0n) is 12.8. The lowest BCUT2D eigenvalue weighted by molar-refractivity contribution is -0.0173. The second-order valence-corrected chi connectivity index (χ2v) is 6.19. The Balaban J connectivity index is 1.83. The quantitative estimate of drug-likeness (QED) is 0.855. The molecule has 3 rings (SSSR count). The topological polar surface area (TPSA) is 47.6 Å². The number of ether oxygens (including phenoxy) is 2. The molecule has 1 aliphatic heterocycles. The lowest BCUT2D eigenvalue weighted by Gasteiger charge is -2.21. The van der Waals surface area contributed by atoms with Crippen LogP contribution in [0, 0.1) is 18.6 Å². The van der Waals surface area contributed by atoms with Crippen molar-refractivity contribution in [2.24, 2.45) is 0 Å². The number of hydrogen-bond donors (Lipinski definition) is 1. The highest BCUT2D eigenvalue weighted by Crippen LogP contribution is 2.30. The maximum absolute atomic E-state index is 14.0. The fraction of sp³-hybridized carbons (Fsp3) is 0.235. The van der Waals surface area contributed by atoms with Gasteiger partial charge in [-0.2, -0.15) is 0 Å². The van der Waals surface area contributed by atoms with E-state index in [-0.39, 0.29) is 25.5 Å². The van der Waals surface area contributed by atoms with Gasteiger partial charge in [0.25, 0.3) is 5.91 Å². The van der Waals surface area contributed by atoms with Crippen LogP contribution >= 0.6 is 15.9 Å². The molecule has 126 valence electrons. The molecule has 1 heterocycles. The van der Waals surface area contributed by atoms with Crippen molar-refractivity contribution in [3.05, 3.63) is 62.6 Å². The Morgan fingerprint density at radius 1 is 1.33 bits per heavy atom. The molecule has 0 spiro atoms. The molecule has 24 heavy (non-hydrogen) atoms. The van der Waals surface area contributed by atoms with Crippen molar-refractivity contribution in [1.29, 1.82) is 0 Å². The van der Waals surface area contributed by atoms with Crippen LogP contribution in [-0.4, -0.2) is 12.7 Å². The first-order valence-corrected chi connectivity index (χ1v) is 8.01. The van der Waals surface area contributed by atoms with Crippen LogP contribution in [0.1, 0.15) is 27.0 Å². The van der Waals surface area contributed by atoms with E-state index < -0.39 is 17.5 Å². The monoisotopic (exact) mass is 397 g/mol. The first-order valence-electron chi connectivity index (χ1n) is 7.22. The molecule has 2 aromatic rings. The third kappa shape index (κ3) is 3.27. The van der Waals surface area contributed by atoms with E-state index >= 15 is 0 Å². The molecule has 1 N–H and O–H groups in total. The van der Waals surface area contributed by atoms with Gasteiger partial charge in [-0.15, -0.1) is 0 Å². The summed E-state index contributed by atoms with van der Waals surface area (Å²) >= 11 is 3.23. The third-order valence-corrected chi connectivity index (χ3v) is 4.72. The Labute approximate surface area is 145 Å². The van der Waals surface area contributed by atoms with Gasteiger partial charge in [0.05, 0.1) is 12.2 Å². The van der Waals surface area contributed by atoms with Gasteiger partial charge in [-0.05, 0) is 46.6 Å². The van der Waals surface area contributed by atoms with E-state index in [1.807, 2.05) is 0 Å². The highest BCUT2D eigenvalue weighted by molar-refractivity contribution is 9.10. The minimum atomic E-state index is -0.629. The van der Waals surface area contributed by atoms with Gasteiger partial charge in [0.1, 0.15) is 17.4 Å². The molecule has 0 saturated heterocycles. The molecule has 0 fully saturated rings. The van der Waals surface area contributed by atoms with Crippen LogP contribution in [0.15, 0.2) is 28.7 Å². The van der Waals surface area contributed by atoms with Crippen molar-refractivity contribution < 1.29 is 23.0 Å². The number of carbonyl (C=O) groups excluding carboxylic acids is 1. The third-order valence-electron chi connectivity index (χ3n) is 3.70. The summed E-state index contributed by atoms with van der Waals surface area (Å²) in [5.74, 6) is -1.18. The highest BCUT2D eigenvalue weighted by atomic mass is 79.9. The van der Waals surface area contributed by atoms with Crippen LogP contribution < -0.4 is 10.1 Å². The number of halogens is 3. The van der Waals surface area contributed by atoms with Crippen molar-refractivity contribution in [3.8, 4) is 5.75 Å². The predicted octanol–water partition coefficient (Wildman–Crippen LogP) is 3.83. The van der Waals surface area contributed by atoms with Crippen LogP contribution in [0.25, 0.3) is 0 Å². The summed E-state index contributed by atoms with van der Waals surface area (Å²) in [5.41, 5.74) is 1.72. The normalized spacial score (nSPS) is 13.2. The van der Waals surface area contributed by atoms with Gasteiger partial charge in [-0.3, -0.25) is 4.79 Å². The van der Waals surface area contributed by atoms with Crippen molar-refractivity contribution in [2.45, 2.75) is 20.1 Å². The first kappa shape index (κ1) is 16.9. The molecular weight excluding hydrogens is 384 g/mol. The lowest BCUT2D eigenvalue weighted by atomic mass is 10.1. The largest absolute Gasteiger partial charge is 0.467 e. The fourth-order valence-corrected chi connectivity index (χ4v) is 3.02. The van der Waals surface area contributed by atoms with Gasteiger partial charge < -0.3 is 14.8 Å². The van der Waals surface area contributed by atoms with Gasteiger partial charge in [0, 0.05) is 22.1 Å². The summed E-state index contributed by atoms with van der Waals surface area (Å²) in [4.78, 5) is 12.3. The van der Waals surface area contributed by atoms with Crippen LogP contribution in [0.3, 0.4) is 0 Å². The van der Waals surface area contributed by atoms with Gasteiger partial charge in [0.2, 0.25) is 0 Å². The Kier molecular flexibility index (Phi) is 4.82. The number of amides is 1. The second-order valence-electron chi connectivity index (χ2n) is 5.40. The van der Waals surface area contributed by atoms with Crippen molar-refractivity contribution in [1.82, 2.24) is 5.32 Å². The Morgan fingerprint density at radius 2 is 2.12 bits per heavy atom. The summed E-state index contributed by atoms with van der Waals surface area (Å²) in [7, 11) is 0. The van der Waals surface area contributed by atoms with Gasteiger partial charge >= 0.3 is 0 Å². The summed E-state index contributed by atoms with van der Waals surface area (Å²) in [6.45, 7) is 2.08. The van der Waals surface area contributed by atoms with Crippen LogP contribution in [0.2, 0.25) is 0 Å². The minimum absolute atomic E-state index is 0.0126. The molecule has 0 atom stereocenters. The summed E-state index contributed by atoms with van der Waals surface area (Å²) in [6, 6.07) is 5.43. The van der Waals surface area contributed by atoms with Crippen molar-refractivity contribution in [3.63, 3.8) is 0 Å². The standard InChI is InChI=1S/C17H14BrF2NO3/c1-9-2-3-13(20)14(15(9)18)17(22)21-6-10-4-12(19)5-11-7-23-8-24-16(10)11/h2-5H,6-8H2,1H3,(H,21,22). The van der Waals surface area contributed by atoms with E-state index in [0.29, 0.717) is 21.3 Å². The number of fused-ring (bicyclic) bond motifs is 1. The number of benzene rings is 2. The number of aryl methyl sites for hydroxylation is 1. The van der Waals surface area contributed by atoms with Crippen molar-refractivity contribution >= 4 is 21.8 Å². The minimum Gasteiger partial charge on any atom is -0.467 e. The lowest BCUT2D eigenvalue weighted by Crippen LogP contribution is -2.25.